The number of halogens is 1. The third-order valence-electron chi connectivity index (χ3n) is 5.34. The predicted octanol–water partition coefficient (Wildman–Crippen LogP) is 3.77. The van der Waals surface area contributed by atoms with Gasteiger partial charge in [0.05, 0.1) is 17.1 Å². The van der Waals surface area contributed by atoms with Gasteiger partial charge in [0.2, 0.25) is 0 Å². The molecule has 0 spiro atoms. The van der Waals surface area contributed by atoms with Crippen LogP contribution in [-0.2, 0) is 19.1 Å². The first-order chi connectivity index (χ1) is 20.0. The summed E-state index contributed by atoms with van der Waals surface area (Å²) in [4.78, 5) is 0. The molecule has 0 atom stereocenters. The molecule has 216 valence electrons. The van der Waals surface area contributed by atoms with E-state index in [-0.39, 0.29) is 10.1 Å². The van der Waals surface area contributed by atoms with Crippen LogP contribution in [0.4, 0.5) is 5.82 Å². The van der Waals surface area contributed by atoms with Gasteiger partial charge in [-0.2, -0.15) is 15.3 Å². The maximum atomic E-state index is 11.0. The fraction of sp³-hybridized carbons (Fsp3) is 0. The van der Waals surface area contributed by atoms with Crippen molar-refractivity contribution in [1.82, 2.24) is 29.3 Å². The van der Waals surface area contributed by atoms with E-state index in [2.05, 4.69) is 15.3 Å². The average molecular weight is 625 g/mol. The van der Waals surface area contributed by atoms with Crippen molar-refractivity contribution in [2.45, 2.75) is 10.1 Å². The molecular weight excluding hydrogens is 600 g/mol. The molecule has 0 aliphatic heterocycles. The lowest BCUT2D eigenvalue weighted by Crippen LogP contribution is -2.13. The van der Waals surface area contributed by atoms with Gasteiger partial charge in [0.1, 0.15) is 5.82 Å². The molecule has 6 rings (SSSR count). The number of nitrogens with zero attached hydrogens (tertiary/aromatic N) is 6. The van der Waals surface area contributed by atoms with E-state index >= 15 is 0 Å². The number of para-hydroxylation sites is 3. The summed E-state index contributed by atoms with van der Waals surface area (Å²) in [5.74, 6) is 0.541. The van der Waals surface area contributed by atoms with Gasteiger partial charge >= 0.3 is 0 Å². The number of hydrogen-bond acceptors (Lipinski definition) is 8. The van der Waals surface area contributed by atoms with E-state index in [1.54, 1.807) is 23.1 Å². The van der Waals surface area contributed by atoms with Gasteiger partial charge in [-0.3, -0.25) is 0 Å². The number of primary sulfonamides is 1. The Morgan fingerprint density at radius 2 is 0.881 bits per heavy atom. The molecular formula is C27H25ClN8O4S2. The van der Waals surface area contributed by atoms with Crippen molar-refractivity contribution in [3.8, 4) is 17.1 Å². The van der Waals surface area contributed by atoms with Crippen molar-refractivity contribution >= 4 is 35.6 Å². The topological polar surface area (TPSA) is 174 Å². The SMILES string of the molecule is NS(=O)(=O)c1ccn(-c2ccccc2)n1.Nc1ccn(-c2ccccc2)n1.O=S(=O)(Cl)c1ccn(-c2ccccc2)n1. The first-order valence-electron chi connectivity index (χ1n) is 12.1. The van der Waals surface area contributed by atoms with Crippen LogP contribution in [0.2, 0.25) is 0 Å². The third-order valence-corrected chi connectivity index (χ3v) is 7.33. The summed E-state index contributed by atoms with van der Waals surface area (Å²) < 4.78 is 48.6. The minimum atomic E-state index is -3.75. The Kier molecular flexibility index (Phi) is 9.54. The van der Waals surface area contributed by atoms with Gasteiger partial charge in [-0.25, -0.2) is 36.0 Å². The largest absolute Gasteiger partial charge is 0.382 e. The van der Waals surface area contributed by atoms with Gasteiger partial charge in [-0.15, -0.1) is 0 Å². The zero-order chi connectivity index (χ0) is 30.2. The molecule has 4 N–H and O–H groups in total. The molecule has 0 amide bonds. The summed E-state index contributed by atoms with van der Waals surface area (Å²) in [6.45, 7) is 0. The Morgan fingerprint density at radius 1 is 0.524 bits per heavy atom. The number of aromatic nitrogens is 6. The Bertz CT molecular complexity index is 1840. The van der Waals surface area contributed by atoms with Crippen molar-refractivity contribution in [3.63, 3.8) is 0 Å². The van der Waals surface area contributed by atoms with Gasteiger partial charge in [-0.1, -0.05) is 54.6 Å². The van der Waals surface area contributed by atoms with Crippen LogP contribution in [0.3, 0.4) is 0 Å². The molecule has 0 saturated heterocycles. The van der Waals surface area contributed by atoms with E-state index in [9.17, 15) is 16.8 Å². The number of nitrogens with two attached hydrogens (primary N) is 2. The highest BCUT2D eigenvalue weighted by molar-refractivity contribution is 8.13. The first-order valence-corrected chi connectivity index (χ1v) is 15.9. The molecule has 6 aromatic rings. The lowest BCUT2D eigenvalue weighted by molar-refractivity contribution is 0.592. The maximum absolute atomic E-state index is 11.0. The van der Waals surface area contributed by atoms with E-state index in [4.69, 9.17) is 21.6 Å². The summed E-state index contributed by atoms with van der Waals surface area (Å²) in [6, 6.07) is 32.7. The zero-order valence-electron chi connectivity index (χ0n) is 21.8. The highest BCUT2D eigenvalue weighted by Gasteiger charge is 2.14. The first kappa shape index (κ1) is 30.2. The van der Waals surface area contributed by atoms with Crippen LogP contribution in [0.5, 0.6) is 0 Å². The molecule has 42 heavy (non-hydrogen) atoms. The second-order valence-electron chi connectivity index (χ2n) is 8.37. The number of benzene rings is 3. The Morgan fingerprint density at radius 3 is 1.19 bits per heavy atom. The van der Waals surface area contributed by atoms with Gasteiger partial charge in [0.25, 0.3) is 19.1 Å². The van der Waals surface area contributed by atoms with Gasteiger partial charge in [0, 0.05) is 35.3 Å². The van der Waals surface area contributed by atoms with E-state index in [0.29, 0.717) is 5.82 Å². The monoisotopic (exact) mass is 624 g/mol. The molecule has 0 aliphatic rings. The normalized spacial score (nSPS) is 11.1. The number of rotatable bonds is 5. The van der Waals surface area contributed by atoms with Crippen LogP contribution in [-0.4, -0.2) is 46.2 Å². The molecule has 0 aliphatic carbocycles. The van der Waals surface area contributed by atoms with Crippen molar-refractivity contribution in [2.24, 2.45) is 5.14 Å². The van der Waals surface area contributed by atoms with Gasteiger partial charge in [0.15, 0.2) is 10.1 Å². The van der Waals surface area contributed by atoms with Crippen LogP contribution < -0.4 is 10.9 Å². The molecule has 0 radical (unpaired) electrons. The molecule has 0 unspecified atom stereocenters. The molecule has 3 aromatic carbocycles. The minimum Gasteiger partial charge on any atom is -0.382 e. The Hall–Kier alpha value is -4.76. The van der Waals surface area contributed by atoms with Gasteiger partial charge in [-0.05, 0) is 48.5 Å². The summed E-state index contributed by atoms with van der Waals surface area (Å²) in [5.41, 5.74) is 8.07. The summed E-state index contributed by atoms with van der Waals surface area (Å²) >= 11 is 0. The molecule has 0 bridgehead atoms. The average Bonchev–Trinajstić information content (AvgIpc) is 3.76. The molecule has 0 saturated carbocycles. The highest BCUT2D eigenvalue weighted by Crippen LogP contribution is 2.14. The smallest absolute Gasteiger partial charge is 0.280 e. The van der Waals surface area contributed by atoms with E-state index < -0.39 is 19.1 Å². The fourth-order valence-corrected chi connectivity index (χ4v) is 4.52. The van der Waals surface area contributed by atoms with E-state index in [0.717, 1.165) is 17.1 Å². The number of hydrogen-bond donors (Lipinski definition) is 2. The van der Waals surface area contributed by atoms with Crippen molar-refractivity contribution < 1.29 is 16.8 Å². The second kappa shape index (κ2) is 13.3. The Labute approximate surface area is 246 Å². The lowest BCUT2D eigenvalue weighted by Gasteiger charge is -1.98. The maximum Gasteiger partial charge on any atom is 0.280 e. The number of sulfonamides is 1. The Balaban J connectivity index is 0.000000146. The summed E-state index contributed by atoms with van der Waals surface area (Å²) in [7, 11) is -2.32. The third kappa shape index (κ3) is 8.37. The molecule has 3 heterocycles. The molecule has 3 aromatic heterocycles. The lowest BCUT2D eigenvalue weighted by atomic mass is 10.3. The van der Waals surface area contributed by atoms with Crippen LogP contribution >= 0.6 is 10.7 Å². The summed E-state index contributed by atoms with van der Waals surface area (Å²) in [5, 5.41) is 16.4. The zero-order valence-corrected chi connectivity index (χ0v) is 24.2. The van der Waals surface area contributed by atoms with Crippen molar-refractivity contribution in [2.75, 3.05) is 5.73 Å². The van der Waals surface area contributed by atoms with E-state index in [1.807, 2.05) is 97.2 Å². The minimum absolute atomic E-state index is 0.133. The highest BCUT2D eigenvalue weighted by atomic mass is 35.7. The number of anilines is 1. The van der Waals surface area contributed by atoms with Crippen LogP contribution in [0.25, 0.3) is 17.1 Å². The van der Waals surface area contributed by atoms with Crippen LogP contribution in [0.15, 0.2) is 138 Å². The molecule has 15 heteroatoms. The van der Waals surface area contributed by atoms with Crippen molar-refractivity contribution in [1.29, 1.82) is 0 Å². The van der Waals surface area contributed by atoms with Crippen LogP contribution in [0.1, 0.15) is 0 Å². The van der Waals surface area contributed by atoms with Crippen molar-refractivity contribution in [3.05, 3.63) is 128 Å². The molecule has 0 fully saturated rings. The predicted molar refractivity (Wildman–Crippen MR) is 160 cm³/mol. The van der Waals surface area contributed by atoms with Crippen LogP contribution in [0, 0.1) is 0 Å². The summed E-state index contributed by atoms with van der Waals surface area (Å²) in [6.07, 6.45) is 4.93. The van der Waals surface area contributed by atoms with E-state index in [1.165, 1.54) is 21.5 Å². The standard InChI is InChI=1S/C9H7ClN2O2S.C9H9N3O2S.C9H9N3/c2*10-15(13,14)9-6-7-12(11-9)8-4-2-1-3-5-8;10-9-6-7-12(11-9)8-4-2-1-3-5-8/h1-7H;1-7H,(H2,10,13,14);1-7H,(H2,10,11). The van der Waals surface area contributed by atoms with Gasteiger partial charge < -0.3 is 5.73 Å². The fourth-order valence-electron chi connectivity index (χ4n) is 3.41. The second-order valence-corrected chi connectivity index (χ2v) is 12.4. The number of nitrogen functional groups attached to an aromatic ring is 1. The molecule has 12 nitrogen and oxygen atoms in total. The quantitative estimate of drug-likeness (QED) is 0.273.